The molecule has 1 heterocycles. The molecule has 0 saturated heterocycles. The molecule has 2 N–H and O–H groups in total. The number of nitrogens with two attached hydrogens (primary N) is 1. The van der Waals surface area contributed by atoms with E-state index in [9.17, 15) is 4.79 Å². The fourth-order valence-corrected chi connectivity index (χ4v) is 1.83. The van der Waals surface area contributed by atoms with Gasteiger partial charge in [0.25, 0.3) is 0 Å². The molecule has 0 aliphatic rings. The topological polar surface area (TPSA) is 56.0 Å². The summed E-state index contributed by atoms with van der Waals surface area (Å²) in [5.74, 6) is -0.139. The quantitative estimate of drug-likeness (QED) is 0.537. The van der Waals surface area contributed by atoms with Crippen LogP contribution in [0.4, 0.5) is 5.69 Å². The number of anilines is 1. The standard InChI is InChI=1S/C14H11BrN2O/c15-10-4-6-13(16)12(9-10)14(18)7-5-11-3-1-2-8-17-11/h1-9H,16H2/b7-5+. The van der Waals surface area contributed by atoms with Crippen LogP contribution in [0.3, 0.4) is 0 Å². The molecular weight excluding hydrogens is 292 g/mol. The summed E-state index contributed by atoms with van der Waals surface area (Å²) >= 11 is 3.32. The molecule has 0 unspecified atom stereocenters. The molecule has 2 rings (SSSR count). The molecule has 0 fully saturated rings. The summed E-state index contributed by atoms with van der Waals surface area (Å²) in [6, 6.07) is 10.7. The Morgan fingerprint density at radius 1 is 1.28 bits per heavy atom. The van der Waals surface area contributed by atoms with Gasteiger partial charge in [-0.3, -0.25) is 9.78 Å². The van der Waals surface area contributed by atoms with Crippen LogP contribution in [0.5, 0.6) is 0 Å². The first-order valence-corrected chi connectivity index (χ1v) is 6.14. The summed E-state index contributed by atoms with van der Waals surface area (Å²) < 4.78 is 0.825. The molecule has 1 aromatic carbocycles. The van der Waals surface area contributed by atoms with Crippen LogP contribution >= 0.6 is 15.9 Å². The minimum Gasteiger partial charge on any atom is -0.398 e. The van der Waals surface area contributed by atoms with Gasteiger partial charge in [-0.25, -0.2) is 0 Å². The highest BCUT2D eigenvalue weighted by Crippen LogP contribution is 2.19. The third kappa shape index (κ3) is 3.05. The maximum atomic E-state index is 12.0. The summed E-state index contributed by atoms with van der Waals surface area (Å²) in [7, 11) is 0. The maximum absolute atomic E-state index is 12.0. The van der Waals surface area contributed by atoms with E-state index in [2.05, 4.69) is 20.9 Å². The molecule has 0 atom stereocenters. The number of allylic oxidation sites excluding steroid dienone is 1. The van der Waals surface area contributed by atoms with Gasteiger partial charge in [0.05, 0.1) is 5.69 Å². The van der Waals surface area contributed by atoms with E-state index in [1.165, 1.54) is 6.08 Å². The highest BCUT2D eigenvalue weighted by molar-refractivity contribution is 9.10. The molecular formula is C14H11BrN2O. The van der Waals surface area contributed by atoms with Crippen molar-refractivity contribution < 1.29 is 4.79 Å². The first-order chi connectivity index (χ1) is 8.66. The fourth-order valence-electron chi connectivity index (χ4n) is 1.47. The summed E-state index contributed by atoms with van der Waals surface area (Å²) in [6.45, 7) is 0. The number of nitrogen functional groups attached to an aromatic ring is 1. The number of pyridine rings is 1. The van der Waals surface area contributed by atoms with Gasteiger partial charge in [-0.15, -0.1) is 0 Å². The van der Waals surface area contributed by atoms with Gasteiger partial charge < -0.3 is 5.73 Å². The Labute approximate surface area is 113 Å². The summed E-state index contributed by atoms with van der Waals surface area (Å²) in [5.41, 5.74) is 7.45. The van der Waals surface area contributed by atoms with E-state index in [-0.39, 0.29) is 5.78 Å². The maximum Gasteiger partial charge on any atom is 0.188 e. The molecule has 90 valence electrons. The lowest BCUT2D eigenvalue weighted by molar-refractivity contribution is 0.104. The van der Waals surface area contributed by atoms with Gasteiger partial charge in [0.1, 0.15) is 0 Å². The van der Waals surface area contributed by atoms with Crippen LogP contribution in [0, 0.1) is 0 Å². The van der Waals surface area contributed by atoms with Crippen LogP contribution in [0.25, 0.3) is 6.08 Å². The van der Waals surface area contributed by atoms with Gasteiger partial charge in [0.2, 0.25) is 0 Å². The largest absolute Gasteiger partial charge is 0.398 e. The average Bonchev–Trinajstić information content (AvgIpc) is 2.40. The monoisotopic (exact) mass is 302 g/mol. The van der Waals surface area contributed by atoms with E-state index in [4.69, 9.17) is 5.73 Å². The normalized spacial score (nSPS) is 10.7. The molecule has 18 heavy (non-hydrogen) atoms. The molecule has 1 aromatic heterocycles. The van der Waals surface area contributed by atoms with Crippen LogP contribution in [0.15, 0.2) is 53.1 Å². The number of halogens is 1. The number of hydrogen-bond acceptors (Lipinski definition) is 3. The Balaban J connectivity index is 2.22. The molecule has 0 aliphatic carbocycles. The second kappa shape index (κ2) is 5.60. The van der Waals surface area contributed by atoms with Crippen LogP contribution in [0.2, 0.25) is 0 Å². The van der Waals surface area contributed by atoms with Crippen molar-refractivity contribution >= 4 is 33.5 Å². The molecule has 0 saturated carbocycles. The first kappa shape index (κ1) is 12.5. The van der Waals surface area contributed by atoms with E-state index in [0.717, 1.165) is 10.2 Å². The predicted octanol–water partition coefficient (Wildman–Crippen LogP) is 3.32. The first-order valence-electron chi connectivity index (χ1n) is 5.35. The Hall–Kier alpha value is -1.94. The van der Waals surface area contributed by atoms with E-state index in [1.54, 1.807) is 30.5 Å². The number of carbonyl (C=O) groups is 1. The zero-order valence-corrected chi connectivity index (χ0v) is 11.1. The molecule has 2 aromatic rings. The summed E-state index contributed by atoms with van der Waals surface area (Å²) in [5, 5.41) is 0. The van der Waals surface area contributed by atoms with E-state index in [0.29, 0.717) is 11.3 Å². The third-order valence-corrected chi connectivity index (χ3v) is 2.87. The number of benzene rings is 1. The molecule has 0 radical (unpaired) electrons. The smallest absolute Gasteiger partial charge is 0.188 e. The lowest BCUT2D eigenvalue weighted by atomic mass is 10.1. The zero-order chi connectivity index (χ0) is 13.0. The van der Waals surface area contributed by atoms with Crippen molar-refractivity contribution in [2.24, 2.45) is 0 Å². The second-order valence-electron chi connectivity index (χ2n) is 3.68. The fraction of sp³-hybridized carbons (Fsp3) is 0. The number of aromatic nitrogens is 1. The molecule has 4 heteroatoms. The van der Waals surface area contributed by atoms with Crippen LogP contribution in [-0.2, 0) is 0 Å². The lowest BCUT2D eigenvalue weighted by Crippen LogP contribution is -2.00. The molecule has 3 nitrogen and oxygen atoms in total. The Morgan fingerprint density at radius 3 is 2.83 bits per heavy atom. The summed E-state index contributed by atoms with van der Waals surface area (Å²) in [6.07, 6.45) is 4.82. The third-order valence-electron chi connectivity index (χ3n) is 2.37. The minimum atomic E-state index is -0.139. The zero-order valence-electron chi connectivity index (χ0n) is 9.51. The van der Waals surface area contributed by atoms with Gasteiger partial charge in [0.15, 0.2) is 5.78 Å². The van der Waals surface area contributed by atoms with Crippen molar-refractivity contribution in [2.75, 3.05) is 5.73 Å². The SMILES string of the molecule is Nc1ccc(Br)cc1C(=O)/C=C/c1ccccn1. The van der Waals surface area contributed by atoms with Gasteiger partial charge in [-0.05, 0) is 42.5 Å². The highest BCUT2D eigenvalue weighted by Gasteiger charge is 2.06. The molecule has 0 amide bonds. The Morgan fingerprint density at radius 2 is 2.11 bits per heavy atom. The highest BCUT2D eigenvalue weighted by atomic mass is 79.9. The molecule has 0 bridgehead atoms. The number of ketones is 1. The Bertz CT molecular complexity index is 594. The van der Waals surface area contributed by atoms with Crippen molar-refractivity contribution in [3.05, 3.63) is 64.4 Å². The number of hydrogen-bond donors (Lipinski definition) is 1. The van der Waals surface area contributed by atoms with Gasteiger partial charge >= 0.3 is 0 Å². The van der Waals surface area contributed by atoms with Crippen molar-refractivity contribution in [3.8, 4) is 0 Å². The van der Waals surface area contributed by atoms with Crippen molar-refractivity contribution in [3.63, 3.8) is 0 Å². The van der Waals surface area contributed by atoms with Gasteiger partial charge in [0, 0.05) is 21.9 Å². The average molecular weight is 303 g/mol. The van der Waals surface area contributed by atoms with Crippen LogP contribution < -0.4 is 5.73 Å². The van der Waals surface area contributed by atoms with Crippen molar-refractivity contribution in [1.82, 2.24) is 4.98 Å². The number of nitrogens with zero attached hydrogens (tertiary/aromatic N) is 1. The van der Waals surface area contributed by atoms with Crippen LogP contribution in [0.1, 0.15) is 16.1 Å². The molecule has 0 spiro atoms. The predicted molar refractivity (Wildman–Crippen MR) is 76.2 cm³/mol. The van der Waals surface area contributed by atoms with Crippen molar-refractivity contribution in [2.45, 2.75) is 0 Å². The van der Waals surface area contributed by atoms with E-state index < -0.39 is 0 Å². The van der Waals surface area contributed by atoms with Crippen molar-refractivity contribution in [1.29, 1.82) is 0 Å². The lowest BCUT2D eigenvalue weighted by Gasteiger charge is -2.02. The second-order valence-corrected chi connectivity index (χ2v) is 4.60. The van der Waals surface area contributed by atoms with E-state index in [1.807, 2.05) is 18.2 Å². The van der Waals surface area contributed by atoms with E-state index >= 15 is 0 Å². The number of carbonyl (C=O) groups excluding carboxylic acids is 1. The van der Waals surface area contributed by atoms with Gasteiger partial charge in [-0.2, -0.15) is 0 Å². The number of rotatable bonds is 3. The summed E-state index contributed by atoms with van der Waals surface area (Å²) in [4.78, 5) is 16.1. The van der Waals surface area contributed by atoms with Gasteiger partial charge in [-0.1, -0.05) is 22.0 Å². The Kier molecular flexibility index (Phi) is 3.89. The van der Waals surface area contributed by atoms with Crippen LogP contribution in [-0.4, -0.2) is 10.8 Å². The molecule has 0 aliphatic heterocycles. The minimum absolute atomic E-state index is 0.139.